The lowest BCUT2D eigenvalue weighted by atomic mass is 10.3. The molecule has 0 aliphatic rings. The largest absolute Gasteiger partial charge is 0.494 e. The predicted molar refractivity (Wildman–Crippen MR) is 101 cm³/mol. The lowest BCUT2D eigenvalue weighted by Crippen LogP contribution is -2.36. The number of benzene rings is 2. The van der Waals surface area contributed by atoms with E-state index in [1.165, 1.54) is 25.3 Å². The van der Waals surface area contributed by atoms with Crippen LogP contribution in [0.4, 0.5) is 5.69 Å². The van der Waals surface area contributed by atoms with Crippen molar-refractivity contribution in [2.24, 2.45) is 0 Å². The zero-order chi connectivity index (χ0) is 19.3. The van der Waals surface area contributed by atoms with E-state index in [0.717, 1.165) is 4.31 Å². The van der Waals surface area contributed by atoms with Crippen LogP contribution in [0, 0.1) is 0 Å². The third-order valence-corrected chi connectivity index (χ3v) is 5.92. The minimum absolute atomic E-state index is 0.0929. The number of methoxy groups -OCH3 is 1. The Morgan fingerprint density at radius 3 is 2.27 bits per heavy atom. The van der Waals surface area contributed by atoms with Crippen molar-refractivity contribution in [2.75, 3.05) is 24.6 Å². The molecular weight excluding hydrogens is 401 g/mol. The second kappa shape index (κ2) is 8.62. The van der Waals surface area contributed by atoms with Crippen molar-refractivity contribution in [3.8, 4) is 5.75 Å². The SMILES string of the molecule is CCOc1ccc(N(CC(=O)OC)S(=O)(=O)c2ccc(Cl)c(Cl)c2)cc1. The summed E-state index contributed by atoms with van der Waals surface area (Å²) >= 11 is 11.8. The highest BCUT2D eigenvalue weighted by atomic mass is 35.5. The van der Waals surface area contributed by atoms with Crippen molar-refractivity contribution in [1.82, 2.24) is 0 Å². The lowest BCUT2D eigenvalue weighted by molar-refractivity contribution is -0.138. The molecule has 0 heterocycles. The molecule has 9 heteroatoms. The maximum atomic E-state index is 13.0. The van der Waals surface area contributed by atoms with Gasteiger partial charge < -0.3 is 9.47 Å². The second-order valence-corrected chi connectivity index (χ2v) is 7.77. The number of hydrogen-bond donors (Lipinski definition) is 0. The first-order valence-electron chi connectivity index (χ1n) is 7.57. The van der Waals surface area contributed by atoms with Crippen LogP contribution >= 0.6 is 23.2 Å². The number of halogens is 2. The Kier molecular flexibility index (Phi) is 6.75. The summed E-state index contributed by atoms with van der Waals surface area (Å²) in [4.78, 5) is 11.7. The number of sulfonamides is 1. The normalized spacial score (nSPS) is 11.1. The Morgan fingerprint density at radius 1 is 1.08 bits per heavy atom. The Bertz CT molecular complexity index is 885. The van der Waals surface area contributed by atoms with Crippen LogP contribution in [0.1, 0.15) is 6.92 Å². The summed E-state index contributed by atoms with van der Waals surface area (Å²) in [5.74, 6) is -0.122. The van der Waals surface area contributed by atoms with E-state index >= 15 is 0 Å². The molecule has 0 aliphatic heterocycles. The fourth-order valence-corrected chi connectivity index (χ4v) is 3.94. The molecular formula is C17H17Cl2NO5S. The summed E-state index contributed by atoms with van der Waals surface area (Å²) in [7, 11) is -2.89. The van der Waals surface area contributed by atoms with Crippen LogP contribution in [0.25, 0.3) is 0 Å². The molecule has 0 saturated carbocycles. The van der Waals surface area contributed by atoms with Crippen LogP contribution in [-0.2, 0) is 19.6 Å². The van der Waals surface area contributed by atoms with E-state index in [2.05, 4.69) is 4.74 Å². The maximum absolute atomic E-state index is 13.0. The Hall–Kier alpha value is -1.96. The number of rotatable bonds is 7. The number of carbonyl (C=O) groups excluding carboxylic acids is 1. The third-order valence-electron chi connectivity index (χ3n) is 3.42. The van der Waals surface area contributed by atoms with Gasteiger partial charge in [-0.2, -0.15) is 0 Å². The van der Waals surface area contributed by atoms with Crippen molar-refractivity contribution < 1.29 is 22.7 Å². The van der Waals surface area contributed by atoms with Gasteiger partial charge in [-0.25, -0.2) is 8.42 Å². The van der Waals surface area contributed by atoms with Gasteiger partial charge in [0, 0.05) is 0 Å². The third kappa shape index (κ3) is 4.60. The molecule has 0 N–H and O–H groups in total. The minimum Gasteiger partial charge on any atom is -0.494 e. The highest BCUT2D eigenvalue weighted by Gasteiger charge is 2.28. The van der Waals surface area contributed by atoms with Crippen LogP contribution in [0.3, 0.4) is 0 Å². The van der Waals surface area contributed by atoms with Crippen LogP contribution < -0.4 is 9.04 Å². The number of nitrogens with zero attached hydrogens (tertiary/aromatic N) is 1. The molecule has 0 bridgehead atoms. The van der Waals surface area contributed by atoms with E-state index in [-0.39, 0.29) is 20.6 Å². The molecule has 0 fully saturated rings. The van der Waals surface area contributed by atoms with Gasteiger partial charge in [0.2, 0.25) is 0 Å². The van der Waals surface area contributed by atoms with Crippen molar-refractivity contribution in [3.63, 3.8) is 0 Å². The number of carbonyl (C=O) groups is 1. The number of hydrogen-bond acceptors (Lipinski definition) is 5. The molecule has 0 aromatic heterocycles. The number of ether oxygens (including phenoxy) is 2. The molecule has 0 amide bonds. The monoisotopic (exact) mass is 417 g/mol. The summed E-state index contributed by atoms with van der Waals surface area (Å²) in [6.45, 7) is 1.83. The molecule has 2 aromatic carbocycles. The van der Waals surface area contributed by atoms with Crippen molar-refractivity contribution in [3.05, 3.63) is 52.5 Å². The van der Waals surface area contributed by atoms with E-state index < -0.39 is 22.5 Å². The molecule has 140 valence electrons. The topological polar surface area (TPSA) is 72.9 Å². The Labute approximate surface area is 162 Å². The van der Waals surface area contributed by atoms with Crippen LogP contribution in [0.15, 0.2) is 47.4 Å². The summed E-state index contributed by atoms with van der Waals surface area (Å²) in [6, 6.07) is 10.3. The van der Waals surface area contributed by atoms with Gasteiger partial charge in [-0.15, -0.1) is 0 Å². The molecule has 0 atom stereocenters. The highest BCUT2D eigenvalue weighted by molar-refractivity contribution is 7.92. The van der Waals surface area contributed by atoms with Gasteiger partial charge in [0.1, 0.15) is 12.3 Å². The van der Waals surface area contributed by atoms with Gasteiger partial charge in [0.15, 0.2) is 0 Å². The summed E-state index contributed by atoms with van der Waals surface area (Å²) < 4.78 is 37.0. The van der Waals surface area contributed by atoms with Crippen LogP contribution in [0.2, 0.25) is 10.0 Å². The van der Waals surface area contributed by atoms with Crippen molar-refractivity contribution in [2.45, 2.75) is 11.8 Å². The summed E-state index contributed by atoms with van der Waals surface area (Å²) in [5, 5.41) is 0.323. The number of esters is 1. The van der Waals surface area contributed by atoms with Gasteiger partial charge in [0.05, 0.1) is 34.3 Å². The van der Waals surface area contributed by atoms with Gasteiger partial charge in [-0.1, -0.05) is 23.2 Å². The van der Waals surface area contributed by atoms with Crippen molar-refractivity contribution in [1.29, 1.82) is 0 Å². The van der Waals surface area contributed by atoms with Crippen molar-refractivity contribution >= 4 is 44.9 Å². The molecule has 0 spiro atoms. The van der Waals surface area contributed by atoms with Gasteiger partial charge >= 0.3 is 5.97 Å². The van der Waals surface area contributed by atoms with Gasteiger partial charge in [-0.05, 0) is 49.4 Å². The average molecular weight is 418 g/mol. The van der Waals surface area contributed by atoms with Gasteiger partial charge in [0.25, 0.3) is 10.0 Å². The summed E-state index contributed by atoms with van der Waals surface area (Å²) in [6.07, 6.45) is 0. The molecule has 0 radical (unpaired) electrons. The maximum Gasteiger partial charge on any atom is 0.326 e. The fraction of sp³-hybridized carbons (Fsp3) is 0.235. The molecule has 2 rings (SSSR count). The number of anilines is 1. The molecule has 26 heavy (non-hydrogen) atoms. The first-order chi connectivity index (χ1) is 12.3. The molecule has 2 aromatic rings. The summed E-state index contributed by atoms with van der Waals surface area (Å²) in [5.41, 5.74) is 0.282. The molecule has 0 unspecified atom stereocenters. The van der Waals surface area contributed by atoms with Crippen LogP contribution in [-0.4, -0.2) is 34.6 Å². The highest BCUT2D eigenvalue weighted by Crippen LogP contribution is 2.30. The van der Waals surface area contributed by atoms with E-state index in [9.17, 15) is 13.2 Å². The Morgan fingerprint density at radius 2 is 1.73 bits per heavy atom. The minimum atomic E-state index is -4.08. The van der Waals surface area contributed by atoms with E-state index in [1.807, 2.05) is 6.92 Å². The zero-order valence-corrected chi connectivity index (χ0v) is 16.4. The standard InChI is InChI=1S/C17H17Cl2NO5S/c1-3-25-13-6-4-12(5-7-13)20(11-17(21)24-2)26(22,23)14-8-9-15(18)16(19)10-14/h4-10H,3,11H2,1-2H3. The molecule has 6 nitrogen and oxygen atoms in total. The fourth-order valence-electron chi connectivity index (χ4n) is 2.14. The smallest absolute Gasteiger partial charge is 0.326 e. The van der Waals surface area contributed by atoms with Crippen LogP contribution in [0.5, 0.6) is 5.75 Å². The molecule has 0 saturated heterocycles. The average Bonchev–Trinajstić information content (AvgIpc) is 2.62. The predicted octanol–water partition coefficient (Wildman–Crippen LogP) is 3.76. The quantitative estimate of drug-likeness (QED) is 0.641. The Balaban J connectivity index is 2.48. The second-order valence-electron chi connectivity index (χ2n) is 5.09. The first-order valence-corrected chi connectivity index (χ1v) is 9.76. The van der Waals surface area contributed by atoms with E-state index in [4.69, 9.17) is 27.9 Å². The zero-order valence-electron chi connectivity index (χ0n) is 14.1. The van der Waals surface area contributed by atoms with E-state index in [0.29, 0.717) is 12.4 Å². The lowest BCUT2D eigenvalue weighted by Gasteiger charge is -2.23. The first kappa shape index (κ1) is 20.4. The van der Waals surface area contributed by atoms with Gasteiger partial charge in [-0.3, -0.25) is 9.10 Å². The molecule has 0 aliphatic carbocycles. The van der Waals surface area contributed by atoms with E-state index in [1.54, 1.807) is 24.3 Å².